The van der Waals surface area contributed by atoms with Crippen LogP contribution in [0, 0.1) is 0 Å². The van der Waals surface area contributed by atoms with Gasteiger partial charge in [0.2, 0.25) is 5.91 Å². The highest BCUT2D eigenvalue weighted by Gasteiger charge is 2.26. The number of hydrogen-bond acceptors (Lipinski definition) is 3. The minimum absolute atomic E-state index is 0.0812. The number of carboxylic acids is 1. The second-order valence-electron chi connectivity index (χ2n) is 6.02. The quantitative estimate of drug-likeness (QED) is 0.839. The van der Waals surface area contributed by atoms with Gasteiger partial charge in [-0.25, -0.2) is 0 Å². The maximum atomic E-state index is 12.5. The number of hydrogen-bond donors (Lipinski definition) is 1. The monoisotopic (exact) mass is 319 g/mol. The van der Waals surface area contributed by atoms with Gasteiger partial charge in [0, 0.05) is 25.4 Å². The Bertz CT molecular complexity index is 544. The van der Waals surface area contributed by atoms with Crippen molar-refractivity contribution in [2.75, 3.05) is 13.7 Å². The Morgan fingerprint density at radius 2 is 2.13 bits per heavy atom. The molecule has 0 aliphatic carbocycles. The Labute approximate surface area is 137 Å². The molecule has 5 heteroatoms. The van der Waals surface area contributed by atoms with Crippen LogP contribution in [-0.2, 0) is 16.0 Å². The number of carbonyl (C=O) groups excluding carboxylic acids is 1. The first-order valence-electron chi connectivity index (χ1n) is 8.24. The fourth-order valence-corrected chi connectivity index (χ4v) is 3.14. The van der Waals surface area contributed by atoms with Gasteiger partial charge >= 0.3 is 5.97 Å². The zero-order valence-electron chi connectivity index (χ0n) is 13.7. The molecule has 1 saturated heterocycles. The Kier molecular flexibility index (Phi) is 6.44. The van der Waals surface area contributed by atoms with Crippen molar-refractivity contribution in [2.24, 2.45) is 0 Å². The number of nitrogens with zero attached hydrogens (tertiary/aromatic N) is 1. The molecule has 1 aromatic rings. The van der Waals surface area contributed by atoms with Crippen LogP contribution in [0.4, 0.5) is 0 Å². The topological polar surface area (TPSA) is 66.8 Å². The third-order valence-electron chi connectivity index (χ3n) is 4.40. The first-order chi connectivity index (χ1) is 11.1. The third kappa shape index (κ3) is 5.27. The van der Waals surface area contributed by atoms with E-state index in [1.54, 1.807) is 7.11 Å². The number of carboxylic acid groups (broad SMARTS) is 1. The molecule has 1 heterocycles. The maximum Gasteiger partial charge on any atom is 0.303 e. The van der Waals surface area contributed by atoms with Crippen LogP contribution >= 0.6 is 0 Å². The molecule has 0 radical (unpaired) electrons. The maximum absolute atomic E-state index is 12.5. The highest BCUT2D eigenvalue weighted by atomic mass is 16.5. The molecule has 0 bridgehead atoms. The highest BCUT2D eigenvalue weighted by Crippen LogP contribution is 2.22. The van der Waals surface area contributed by atoms with Crippen molar-refractivity contribution in [3.63, 3.8) is 0 Å². The van der Waals surface area contributed by atoms with Gasteiger partial charge in [0.15, 0.2) is 0 Å². The molecular formula is C18H25NO4. The molecule has 1 atom stereocenters. The summed E-state index contributed by atoms with van der Waals surface area (Å²) < 4.78 is 5.20. The van der Waals surface area contributed by atoms with E-state index in [0.717, 1.165) is 37.1 Å². The molecule has 0 aromatic heterocycles. The second kappa shape index (κ2) is 8.56. The molecule has 2 rings (SSSR count). The van der Waals surface area contributed by atoms with E-state index in [9.17, 15) is 9.59 Å². The smallest absolute Gasteiger partial charge is 0.303 e. The standard InChI is InChI=1S/C18H25NO4/c1-23-16-7-4-5-14(13-16)8-10-17(20)19-12-3-2-6-15(19)9-11-18(21)22/h4-5,7,13,15H,2-3,6,8-12H2,1H3,(H,21,22). The molecular weight excluding hydrogens is 294 g/mol. The fraction of sp³-hybridized carbons (Fsp3) is 0.556. The van der Waals surface area contributed by atoms with Crippen LogP contribution in [0.15, 0.2) is 24.3 Å². The molecule has 1 unspecified atom stereocenters. The Hall–Kier alpha value is -2.04. The molecule has 126 valence electrons. The van der Waals surface area contributed by atoms with Crippen molar-refractivity contribution < 1.29 is 19.4 Å². The highest BCUT2D eigenvalue weighted by molar-refractivity contribution is 5.77. The van der Waals surface area contributed by atoms with E-state index < -0.39 is 5.97 Å². The van der Waals surface area contributed by atoms with E-state index >= 15 is 0 Å². The summed E-state index contributed by atoms with van der Waals surface area (Å²) >= 11 is 0. The number of aryl methyl sites for hydroxylation is 1. The number of rotatable bonds is 7. The Morgan fingerprint density at radius 1 is 1.30 bits per heavy atom. The van der Waals surface area contributed by atoms with E-state index in [2.05, 4.69) is 0 Å². The summed E-state index contributed by atoms with van der Waals surface area (Å²) in [5.74, 6) is 0.134. The van der Waals surface area contributed by atoms with Crippen molar-refractivity contribution in [3.05, 3.63) is 29.8 Å². The summed E-state index contributed by atoms with van der Waals surface area (Å²) in [6.07, 6.45) is 4.82. The molecule has 23 heavy (non-hydrogen) atoms. The normalized spacial score (nSPS) is 17.8. The van der Waals surface area contributed by atoms with E-state index in [1.165, 1.54) is 0 Å². The molecule has 5 nitrogen and oxygen atoms in total. The molecule has 1 amide bonds. The molecule has 1 aliphatic rings. The lowest BCUT2D eigenvalue weighted by molar-refractivity contribution is -0.140. The summed E-state index contributed by atoms with van der Waals surface area (Å²) in [7, 11) is 1.63. The lowest BCUT2D eigenvalue weighted by atomic mass is 9.97. The Morgan fingerprint density at radius 3 is 2.87 bits per heavy atom. The van der Waals surface area contributed by atoms with Gasteiger partial charge in [-0.2, -0.15) is 0 Å². The van der Waals surface area contributed by atoms with Crippen LogP contribution < -0.4 is 4.74 Å². The molecule has 0 saturated carbocycles. The average Bonchev–Trinajstić information content (AvgIpc) is 2.58. The summed E-state index contributed by atoms with van der Waals surface area (Å²) in [5.41, 5.74) is 1.08. The second-order valence-corrected chi connectivity index (χ2v) is 6.02. The van der Waals surface area contributed by atoms with Gasteiger partial charge in [-0.3, -0.25) is 9.59 Å². The number of likely N-dealkylation sites (tertiary alicyclic amines) is 1. The first kappa shape index (κ1) is 17.3. The minimum atomic E-state index is -0.792. The van der Waals surface area contributed by atoms with Crippen molar-refractivity contribution in [1.82, 2.24) is 4.90 Å². The number of carbonyl (C=O) groups is 2. The molecule has 1 N–H and O–H groups in total. The van der Waals surface area contributed by atoms with Crippen LogP contribution in [0.1, 0.15) is 44.1 Å². The summed E-state index contributed by atoms with van der Waals surface area (Å²) in [6.45, 7) is 0.751. The van der Waals surface area contributed by atoms with Gasteiger partial charge in [0.1, 0.15) is 5.75 Å². The molecule has 1 aromatic carbocycles. The van der Waals surface area contributed by atoms with E-state index in [1.807, 2.05) is 29.2 Å². The number of piperidine rings is 1. The average molecular weight is 319 g/mol. The van der Waals surface area contributed by atoms with Crippen molar-refractivity contribution in [2.45, 2.75) is 51.0 Å². The van der Waals surface area contributed by atoms with E-state index in [4.69, 9.17) is 9.84 Å². The predicted molar refractivity (Wildman–Crippen MR) is 87.5 cm³/mol. The molecule has 0 spiro atoms. The SMILES string of the molecule is COc1cccc(CCC(=O)N2CCCCC2CCC(=O)O)c1. The number of methoxy groups -OCH3 is 1. The van der Waals surface area contributed by atoms with Crippen LogP contribution in [-0.4, -0.2) is 41.6 Å². The number of amides is 1. The lowest BCUT2D eigenvalue weighted by Gasteiger charge is -2.35. The number of benzene rings is 1. The van der Waals surface area contributed by atoms with Crippen molar-refractivity contribution in [3.8, 4) is 5.75 Å². The van der Waals surface area contributed by atoms with Crippen LogP contribution in [0.2, 0.25) is 0 Å². The summed E-state index contributed by atoms with van der Waals surface area (Å²) in [4.78, 5) is 25.2. The summed E-state index contributed by atoms with van der Waals surface area (Å²) in [6, 6.07) is 7.84. The predicted octanol–water partition coefficient (Wildman–Crippen LogP) is 2.87. The van der Waals surface area contributed by atoms with Gasteiger partial charge in [-0.1, -0.05) is 12.1 Å². The van der Waals surface area contributed by atoms with E-state index in [0.29, 0.717) is 19.3 Å². The Balaban J connectivity index is 1.90. The zero-order valence-corrected chi connectivity index (χ0v) is 13.7. The van der Waals surface area contributed by atoms with Crippen molar-refractivity contribution in [1.29, 1.82) is 0 Å². The third-order valence-corrected chi connectivity index (χ3v) is 4.40. The van der Waals surface area contributed by atoms with Crippen LogP contribution in [0.5, 0.6) is 5.75 Å². The molecule has 1 aliphatic heterocycles. The van der Waals surface area contributed by atoms with Gasteiger partial charge in [0.05, 0.1) is 7.11 Å². The van der Waals surface area contributed by atoms with Crippen molar-refractivity contribution >= 4 is 11.9 Å². The zero-order chi connectivity index (χ0) is 16.7. The minimum Gasteiger partial charge on any atom is -0.497 e. The number of aliphatic carboxylic acids is 1. The van der Waals surface area contributed by atoms with Crippen LogP contribution in [0.3, 0.4) is 0 Å². The first-order valence-corrected chi connectivity index (χ1v) is 8.24. The van der Waals surface area contributed by atoms with Gasteiger partial charge in [-0.15, -0.1) is 0 Å². The van der Waals surface area contributed by atoms with E-state index in [-0.39, 0.29) is 18.4 Å². The fourth-order valence-electron chi connectivity index (χ4n) is 3.14. The van der Waals surface area contributed by atoms with Gasteiger partial charge in [0.25, 0.3) is 0 Å². The lowest BCUT2D eigenvalue weighted by Crippen LogP contribution is -2.44. The largest absolute Gasteiger partial charge is 0.497 e. The van der Waals surface area contributed by atoms with Crippen LogP contribution in [0.25, 0.3) is 0 Å². The van der Waals surface area contributed by atoms with Gasteiger partial charge in [-0.05, 0) is 49.8 Å². The summed E-state index contributed by atoms with van der Waals surface area (Å²) in [5, 5.41) is 8.86. The number of ether oxygens (including phenoxy) is 1. The van der Waals surface area contributed by atoms with Gasteiger partial charge < -0.3 is 14.7 Å². The molecule has 1 fully saturated rings.